The van der Waals surface area contributed by atoms with E-state index in [1.165, 1.54) is 19.3 Å². The molecule has 3 atom stereocenters. The van der Waals surface area contributed by atoms with Gasteiger partial charge in [-0.15, -0.1) is 0 Å². The first-order valence-electron chi connectivity index (χ1n) is 7.28. The molecule has 102 valence electrons. The van der Waals surface area contributed by atoms with Crippen molar-refractivity contribution in [2.75, 3.05) is 7.05 Å². The Labute approximate surface area is 107 Å². The number of nitrogens with zero attached hydrogens (tertiary/aromatic N) is 1. The monoisotopic (exact) mass is 241 g/mol. The second kappa shape index (κ2) is 6.19. The summed E-state index contributed by atoms with van der Waals surface area (Å²) in [6.45, 7) is 9.28. The van der Waals surface area contributed by atoms with E-state index in [9.17, 15) is 5.11 Å². The predicted octanol–water partition coefficient (Wildman–Crippen LogP) is 3.44. The average Bonchev–Trinajstić information content (AvgIpc) is 2.28. The summed E-state index contributed by atoms with van der Waals surface area (Å²) in [4.78, 5) is 2.51. The summed E-state index contributed by atoms with van der Waals surface area (Å²) in [7, 11) is 2.24. The molecule has 1 N–H and O–H groups in total. The van der Waals surface area contributed by atoms with Gasteiger partial charge in [-0.05, 0) is 45.1 Å². The second-order valence-corrected chi connectivity index (χ2v) is 6.59. The average molecular weight is 241 g/mol. The van der Waals surface area contributed by atoms with Gasteiger partial charge in [-0.25, -0.2) is 0 Å². The molecular formula is C15H31NO. The van der Waals surface area contributed by atoms with Gasteiger partial charge in [0, 0.05) is 12.1 Å². The molecule has 1 rings (SSSR count). The highest BCUT2D eigenvalue weighted by Gasteiger charge is 2.39. The molecule has 0 heterocycles. The SMILES string of the molecule is CCCCC(C)N(C)C1CC(O)CCC1(C)C. The van der Waals surface area contributed by atoms with Gasteiger partial charge in [0.25, 0.3) is 0 Å². The van der Waals surface area contributed by atoms with E-state index in [0.717, 1.165) is 19.3 Å². The van der Waals surface area contributed by atoms with Crippen LogP contribution in [-0.4, -0.2) is 35.2 Å². The normalized spacial score (nSPS) is 30.5. The molecule has 0 amide bonds. The van der Waals surface area contributed by atoms with Gasteiger partial charge in [0.15, 0.2) is 0 Å². The van der Waals surface area contributed by atoms with E-state index < -0.39 is 0 Å². The lowest BCUT2D eigenvalue weighted by molar-refractivity contribution is -0.0160. The Balaban J connectivity index is 2.61. The van der Waals surface area contributed by atoms with E-state index >= 15 is 0 Å². The number of unbranched alkanes of at least 4 members (excludes halogenated alkanes) is 1. The highest BCUT2D eigenvalue weighted by Crippen LogP contribution is 2.39. The van der Waals surface area contributed by atoms with Crippen molar-refractivity contribution >= 4 is 0 Å². The minimum absolute atomic E-state index is 0.0890. The van der Waals surface area contributed by atoms with Crippen LogP contribution in [0.3, 0.4) is 0 Å². The van der Waals surface area contributed by atoms with Crippen LogP contribution in [0.15, 0.2) is 0 Å². The molecule has 0 aliphatic heterocycles. The summed E-state index contributed by atoms with van der Waals surface area (Å²) < 4.78 is 0. The third-order valence-corrected chi connectivity index (χ3v) is 4.68. The maximum atomic E-state index is 9.89. The van der Waals surface area contributed by atoms with E-state index in [1.807, 2.05) is 0 Å². The van der Waals surface area contributed by atoms with Crippen LogP contribution in [-0.2, 0) is 0 Å². The summed E-state index contributed by atoms with van der Waals surface area (Å²) >= 11 is 0. The number of aliphatic hydroxyl groups excluding tert-OH is 1. The quantitative estimate of drug-likeness (QED) is 0.797. The highest BCUT2D eigenvalue weighted by atomic mass is 16.3. The molecule has 17 heavy (non-hydrogen) atoms. The zero-order valence-corrected chi connectivity index (χ0v) is 12.4. The molecule has 3 unspecified atom stereocenters. The van der Waals surface area contributed by atoms with Crippen LogP contribution in [0.1, 0.15) is 66.2 Å². The number of hydrogen-bond donors (Lipinski definition) is 1. The molecular weight excluding hydrogens is 210 g/mol. The van der Waals surface area contributed by atoms with Crippen molar-refractivity contribution in [3.63, 3.8) is 0 Å². The molecule has 0 radical (unpaired) electrons. The molecule has 0 bridgehead atoms. The summed E-state index contributed by atoms with van der Waals surface area (Å²) in [6, 6.07) is 1.16. The summed E-state index contributed by atoms with van der Waals surface area (Å²) in [6.07, 6.45) is 6.82. The number of aliphatic hydroxyl groups is 1. The Bertz CT molecular complexity index is 227. The molecule has 2 nitrogen and oxygen atoms in total. The predicted molar refractivity (Wildman–Crippen MR) is 74.2 cm³/mol. The van der Waals surface area contributed by atoms with Crippen molar-refractivity contribution in [2.45, 2.75) is 84.4 Å². The molecule has 0 aromatic heterocycles. The van der Waals surface area contributed by atoms with Crippen molar-refractivity contribution in [3.8, 4) is 0 Å². The first-order valence-corrected chi connectivity index (χ1v) is 7.28. The van der Waals surface area contributed by atoms with Crippen LogP contribution in [0.25, 0.3) is 0 Å². The number of hydrogen-bond acceptors (Lipinski definition) is 2. The van der Waals surface area contributed by atoms with Crippen LogP contribution in [0, 0.1) is 5.41 Å². The molecule has 1 aliphatic rings. The van der Waals surface area contributed by atoms with E-state index in [-0.39, 0.29) is 6.10 Å². The van der Waals surface area contributed by atoms with Gasteiger partial charge < -0.3 is 10.0 Å². The fourth-order valence-electron chi connectivity index (χ4n) is 3.13. The van der Waals surface area contributed by atoms with Crippen molar-refractivity contribution in [3.05, 3.63) is 0 Å². The Morgan fingerprint density at radius 1 is 1.41 bits per heavy atom. The van der Waals surface area contributed by atoms with Gasteiger partial charge in [-0.3, -0.25) is 0 Å². The summed E-state index contributed by atoms with van der Waals surface area (Å²) in [5, 5.41) is 9.89. The second-order valence-electron chi connectivity index (χ2n) is 6.59. The van der Waals surface area contributed by atoms with Crippen molar-refractivity contribution < 1.29 is 5.11 Å². The van der Waals surface area contributed by atoms with Gasteiger partial charge >= 0.3 is 0 Å². The lowest BCUT2D eigenvalue weighted by Gasteiger charge is -2.47. The lowest BCUT2D eigenvalue weighted by atomic mass is 9.71. The van der Waals surface area contributed by atoms with Crippen molar-refractivity contribution in [1.29, 1.82) is 0 Å². The Hall–Kier alpha value is -0.0800. The highest BCUT2D eigenvalue weighted by molar-refractivity contribution is 4.93. The van der Waals surface area contributed by atoms with Crippen LogP contribution < -0.4 is 0 Å². The van der Waals surface area contributed by atoms with Crippen LogP contribution >= 0.6 is 0 Å². The fourth-order valence-corrected chi connectivity index (χ4v) is 3.13. The Kier molecular flexibility index (Phi) is 5.46. The van der Waals surface area contributed by atoms with Crippen molar-refractivity contribution in [1.82, 2.24) is 4.90 Å². The van der Waals surface area contributed by atoms with E-state index in [4.69, 9.17) is 0 Å². The van der Waals surface area contributed by atoms with E-state index in [0.29, 0.717) is 17.5 Å². The minimum atomic E-state index is -0.0890. The largest absolute Gasteiger partial charge is 0.393 e. The zero-order valence-electron chi connectivity index (χ0n) is 12.4. The topological polar surface area (TPSA) is 23.5 Å². The summed E-state index contributed by atoms with van der Waals surface area (Å²) in [5.41, 5.74) is 0.342. The molecule has 0 aromatic rings. The molecule has 0 spiro atoms. The minimum Gasteiger partial charge on any atom is -0.393 e. The van der Waals surface area contributed by atoms with Gasteiger partial charge in [-0.1, -0.05) is 33.6 Å². The van der Waals surface area contributed by atoms with E-state index in [2.05, 4.69) is 39.6 Å². The van der Waals surface area contributed by atoms with Gasteiger partial charge in [0.1, 0.15) is 0 Å². The van der Waals surface area contributed by atoms with Gasteiger partial charge in [-0.2, -0.15) is 0 Å². The molecule has 1 fully saturated rings. The standard InChI is InChI=1S/C15H31NO/c1-6-7-8-12(2)16(5)14-11-13(17)9-10-15(14,3)4/h12-14,17H,6-11H2,1-5H3. The number of rotatable bonds is 5. The third kappa shape index (κ3) is 3.96. The zero-order chi connectivity index (χ0) is 13.1. The smallest absolute Gasteiger partial charge is 0.0555 e. The van der Waals surface area contributed by atoms with Crippen LogP contribution in [0.2, 0.25) is 0 Å². The maximum absolute atomic E-state index is 9.89. The fraction of sp³-hybridized carbons (Fsp3) is 1.00. The third-order valence-electron chi connectivity index (χ3n) is 4.68. The molecule has 2 heteroatoms. The molecule has 0 aromatic carbocycles. The molecule has 1 saturated carbocycles. The summed E-state index contributed by atoms with van der Waals surface area (Å²) in [5.74, 6) is 0. The Morgan fingerprint density at radius 3 is 2.65 bits per heavy atom. The van der Waals surface area contributed by atoms with Gasteiger partial charge in [0.2, 0.25) is 0 Å². The maximum Gasteiger partial charge on any atom is 0.0555 e. The van der Waals surface area contributed by atoms with Crippen LogP contribution in [0.4, 0.5) is 0 Å². The lowest BCUT2D eigenvalue weighted by Crippen LogP contribution is -2.51. The molecule has 0 saturated heterocycles. The van der Waals surface area contributed by atoms with Crippen LogP contribution in [0.5, 0.6) is 0 Å². The Morgan fingerprint density at radius 2 is 2.06 bits per heavy atom. The first-order chi connectivity index (χ1) is 7.88. The molecule has 1 aliphatic carbocycles. The van der Waals surface area contributed by atoms with Gasteiger partial charge in [0.05, 0.1) is 6.10 Å². The van der Waals surface area contributed by atoms with Crippen molar-refractivity contribution in [2.24, 2.45) is 5.41 Å². The first kappa shape index (κ1) is 15.0. The van der Waals surface area contributed by atoms with E-state index in [1.54, 1.807) is 0 Å².